The van der Waals surface area contributed by atoms with Crippen molar-refractivity contribution in [1.82, 2.24) is 0 Å². The molecule has 0 amide bonds. The van der Waals surface area contributed by atoms with Gasteiger partial charge in [0.15, 0.2) is 22.3 Å². The number of hydrogen-bond donors (Lipinski definition) is 0. The number of aryl methyl sites for hydroxylation is 2. The van der Waals surface area contributed by atoms with Gasteiger partial charge in [-0.3, -0.25) is 0 Å². The van der Waals surface area contributed by atoms with Crippen molar-refractivity contribution in [2.45, 2.75) is 66.2 Å². The molecule has 0 atom stereocenters. The lowest BCUT2D eigenvalue weighted by molar-refractivity contribution is 0.572. The Balaban J connectivity index is 0.000000143. The Morgan fingerprint density at radius 1 is 0.169 bits per heavy atom. The van der Waals surface area contributed by atoms with Gasteiger partial charge in [-0.25, -0.2) is 0 Å². The second-order valence-electron chi connectivity index (χ2n) is 40.3. The highest BCUT2D eigenvalue weighted by molar-refractivity contribution is 6.19. The first-order chi connectivity index (χ1) is 69.5. The Labute approximate surface area is 822 Å². The van der Waals surface area contributed by atoms with Crippen molar-refractivity contribution in [1.29, 1.82) is 0 Å². The van der Waals surface area contributed by atoms with E-state index in [9.17, 15) is 0 Å². The molecule has 676 valence electrons. The van der Waals surface area contributed by atoms with E-state index in [0.29, 0.717) is 0 Å². The number of anilines is 12. The van der Waals surface area contributed by atoms with Gasteiger partial charge in [-0.15, -0.1) is 0 Å². The molecule has 26 aromatic rings. The molecule has 0 fully saturated rings. The van der Waals surface area contributed by atoms with Crippen molar-refractivity contribution in [3.63, 3.8) is 0 Å². The zero-order valence-electron chi connectivity index (χ0n) is 80.0. The number of fused-ring (bicyclic) bond motifs is 24. The smallest absolute Gasteiger partial charge is 0.159 e. The van der Waals surface area contributed by atoms with E-state index in [2.05, 4.69) is 500 Å². The minimum absolute atomic E-state index is 0.0618. The fraction of sp³-hybridized carbons (Fsp3) is 0.0746. The van der Waals surface area contributed by atoms with Crippen LogP contribution in [0.15, 0.2) is 454 Å². The van der Waals surface area contributed by atoms with Crippen LogP contribution in [-0.4, -0.2) is 0 Å². The third-order valence-corrected chi connectivity index (χ3v) is 29.5. The van der Waals surface area contributed by atoms with Crippen LogP contribution in [0, 0.1) is 13.8 Å². The SMILES string of the molecule is CC(C)(C)c1cccc2c1oc1c(N(c3ccccc3)c3ccc4cc5c(cc4c3)-c3cc4ccc(N(c6ccccc6)c6cccc7c6oc6c(C(C)(C)C)cccc67)cc4cc3-5)cccc12.Cc1ccc(-c2ccccc2)cc1N(c1ccc2cc3c(cc2c1)-c1cc2ccc(N(c4cc(-c5ccccc5)ccc4C)c4cccc5c4oc4ccccc45)cc2cc1-3)c1cccc2c1oc1ccccc12. The summed E-state index contributed by atoms with van der Waals surface area (Å²) in [7, 11) is 0. The van der Waals surface area contributed by atoms with Gasteiger partial charge < -0.3 is 37.3 Å². The molecular formula is C134H96N4O4. The highest BCUT2D eigenvalue weighted by atomic mass is 16.3. The summed E-state index contributed by atoms with van der Waals surface area (Å²) in [6.07, 6.45) is 0. The zero-order chi connectivity index (χ0) is 95.1. The number of benzene rings is 22. The Bertz CT molecular complexity index is 9100. The maximum atomic E-state index is 6.93. The van der Waals surface area contributed by atoms with Crippen LogP contribution in [0.3, 0.4) is 0 Å². The predicted molar refractivity (Wildman–Crippen MR) is 597 cm³/mol. The molecule has 22 aromatic carbocycles. The zero-order valence-corrected chi connectivity index (χ0v) is 80.0. The summed E-state index contributed by atoms with van der Waals surface area (Å²) in [4.78, 5) is 9.47. The maximum Gasteiger partial charge on any atom is 0.159 e. The molecule has 2 aliphatic carbocycles. The van der Waals surface area contributed by atoms with E-state index >= 15 is 0 Å². The summed E-state index contributed by atoms with van der Waals surface area (Å²) in [5.74, 6) is 0. The Morgan fingerprint density at radius 2 is 0.430 bits per heavy atom. The molecule has 0 saturated heterocycles. The Morgan fingerprint density at radius 3 is 0.761 bits per heavy atom. The van der Waals surface area contributed by atoms with Gasteiger partial charge in [-0.05, 0) is 316 Å². The van der Waals surface area contributed by atoms with E-state index in [1.165, 1.54) is 121 Å². The molecular weight excluding hydrogens is 1730 g/mol. The standard InChI is InChI=1S/C70H46N2O2.C64H50N2O2/c1-43-27-29-49(45-15-5-3-6-16-45)41-65(43)71(63-23-13-21-57-55-19-9-11-25-67(55)73-69(57)63)53-33-31-47-37-59-61(39-51(47)35-53)60-38-48-32-34-54(36-52(48)40-62(59)60)72(66-42-50(30-28-44(66)2)46-17-7-4-8-18-46)64-24-14-22-58-56-20-10-12-26-68(56)74-70(58)64;1-63(2,3)55-25-13-21-47-49-23-15-27-57(61(49)67-59(47)55)65(43-17-9-7-10-18-43)45-31-29-39-35-51-53(37-41(39)33-45)52-36-40-30-32-46(34-42(40)38-54(51)52)66(44-19-11-8-12-20-44)58-28-16-24-50-48-22-14-26-56(64(4,5)6)60(48)68-62(50)58/h3-42H,1-2H3;7-38H,1-6H3. The average molecular weight is 1830 g/mol. The van der Waals surface area contributed by atoms with Crippen LogP contribution in [0.4, 0.5) is 68.2 Å². The molecule has 28 rings (SSSR count). The third kappa shape index (κ3) is 13.7. The normalized spacial score (nSPS) is 12.2. The quantitative estimate of drug-likeness (QED) is 0.107. The minimum Gasteiger partial charge on any atom is -0.454 e. The van der Waals surface area contributed by atoms with E-state index in [4.69, 9.17) is 17.7 Å². The van der Waals surface area contributed by atoms with E-state index < -0.39 is 0 Å². The summed E-state index contributed by atoms with van der Waals surface area (Å²) in [5.41, 5.74) is 39.4. The molecule has 8 heteroatoms. The summed E-state index contributed by atoms with van der Waals surface area (Å²) < 4.78 is 27.3. The predicted octanol–water partition coefficient (Wildman–Crippen LogP) is 39.3. The van der Waals surface area contributed by atoms with Crippen LogP contribution in [0.5, 0.6) is 0 Å². The van der Waals surface area contributed by atoms with E-state index in [1.807, 2.05) is 12.1 Å². The first-order valence-corrected chi connectivity index (χ1v) is 49.1. The molecule has 0 saturated carbocycles. The van der Waals surface area contributed by atoms with Crippen LogP contribution in [0.25, 0.3) is 198 Å². The molecule has 8 nitrogen and oxygen atoms in total. The highest BCUT2D eigenvalue weighted by Crippen LogP contribution is 2.57. The summed E-state index contributed by atoms with van der Waals surface area (Å²) >= 11 is 0. The van der Waals surface area contributed by atoms with Gasteiger partial charge in [-0.1, -0.05) is 308 Å². The Hall–Kier alpha value is -17.7. The molecule has 4 aromatic heterocycles. The number of nitrogens with zero attached hydrogens (tertiary/aromatic N) is 4. The number of hydrogen-bond acceptors (Lipinski definition) is 8. The Kier molecular flexibility index (Phi) is 19.1. The van der Waals surface area contributed by atoms with Crippen molar-refractivity contribution in [3.05, 3.63) is 459 Å². The van der Waals surface area contributed by atoms with Gasteiger partial charge in [0.05, 0.1) is 22.7 Å². The molecule has 4 heterocycles. The largest absolute Gasteiger partial charge is 0.454 e. The van der Waals surface area contributed by atoms with Crippen LogP contribution >= 0.6 is 0 Å². The molecule has 0 N–H and O–H groups in total. The second-order valence-corrected chi connectivity index (χ2v) is 40.3. The van der Waals surface area contributed by atoms with Crippen LogP contribution in [-0.2, 0) is 10.8 Å². The topological polar surface area (TPSA) is 65.5 Å². The van der Waals surface area contributed by atoms with Crippen LogP contribution < -0.4 is 19.6 Å². The summed E-state index contributed by atoms with van der Waals surface area (Å²) in [5, 5.41) is 18.5. The number of rotatable bonds is 14. The third-order valence-electron chi connectivity index (χ3n) is 29.5. The van der Waals surface area contributed by atoms with Crippen molar-refractivity contribution in [2.24, 2.45) is 0 Å². The van der Waals surface area contributed by atoms with Gasteiger partial charge in [0, 0.05) is 99.7 Å². The van der Waals surface area contributed by atoms with E-state index in [0.717, 1.165) is 167 Å². The lowest BCUT2D eigenvalue weighted by Crippen LogP contribution is -2.12. The van der Waals surface area contributed by atoms with Crippen LogP contribution in [0.1, 0.15) is 63.8 Å². The first kappa shape index (κ1) is 83.6. The molecule has 0 unspecified atom stereocenters. The van der Waals surface area contributed by atoms with E-state index in [1.54, 1.807) is 0 Å². The fourth-order valence-corrected chi connectivity index (χ4v) is 22.5. The monoisotopic (exact) mass is 1820 g/mol. The van der Waals surface area contributed by atoms with Crippen molar-refractivity contribution < 1.29 is 17.7 Å². The average Bonchev–Trinajstić information content (AvgIpc) is 1.12. The minimum atomic E-state index is -0.0618. The maximum absolute atomic E-state index is 6.93. The summed E-state index contributed by atoms with van der Waals surface area (Å²) in [6, 6.07) is 159. The second kappa shape index (κ2) is 32.5. The molecule has 0 aliphatic heterocycles. The molecule has 0 spiro atoms. The number of furan rings is 4. The molecule has 0 bridgehead atoms. The van der Waals surface area contributed by atoms with Crippen molar-refractivity contribution in [3.8, 4) is 66.8 Å². The first-order valence-electron chi connectivity index (χ1n) is 49.1. The van der Waals surface area contributed by atoms with Gasteiger partial charge in [-0.2, -0.15) is 0 Å². The fourth-order valence-electron chi connectivity index (χ4n) is 22.5. The molecule has 142 heavy (non-hydrogen) atoms. The number of para-hydroxylation sites is 10. The van der Waals surface area contributed by atoms with Gasteiger partial charge in [0.2, 0.25) is 0 Å². The van der Waals surface area contributed by atoms with Gasteiger partial charge in [0.1, 0.15) is 22.3 Å². The highest BCUT2D eigenvalue weighted by Gasteiger charge is 2.33. The van der Waals surface area contributed by atoms with Crippen LogP contribution in [0.2, 0.25) is 0 Å². The lowest BCUT2D eigenvalue weighted by Gasteiger charge is -2.29. The lowest BCUT2D eigenvalue weighted by atomic mass is 9.78. The van der Waals surface area contributed by atoms with Crippen molar-refractivity contribution in [2.75, 3.05) is 19.6 Å². The molecule has 2 aliphatic rings. The molecule has 0 radical (unpaired) electrons. The van der Waals surface area contributed by atoms with Gasteiger partial charge in [0.25, 0.3) is 0 Å². The van der Waals surface area contributed by atoms with E-state index in [-0.39, 0.29) is 10.8 Å². The van der Waals surface area contributed by atoms with Crippen molar-refractivity contribution >= 4 is 199 Å². The summed E-state index contributed by atoms with van der Waals surface area (Å²) in [6.45, 7) is 17.9. The van der Waals surface area contributed by atoms with Gasteiger partial charge >= 0.3 is 0 Å².